The van der Waals surface area contributed by atoms with Crippen molar-refractivity contribution in [2.24, 2.45) is 0 Å². The molecule has 1 aromatic rings. The molecule has 86 valence electrons. The molecule has 1 aromatic carbocycles. The lowest BCUT2D eigenvalue weighted by Gasteiger charge is -2.00. The summed E-state index contributed by atoms with van der Waals surface area (Å²) in [6.45, 7) is 2.08. The predicted molar refractivity (Wildman–Crippen MR) is 63.3 cm³/mol. The van der Waals surface area contributed by atoms with Crippen LogP contribution in [0, 0.1) is 0 Å². The van der Waals surface area contributed by atoms with E-state index >= 15 is 0 Å². The number of benzene rings is 1. The highest BCUT2D eigenvalue weighted by Crippen LogP contribution is 2.13. The van der Waals surface area contributed by atoms with Crippen LogP contribution >= 0.6 is 0 Å². The summed E-state index contributed by atoms with van der Waals surface area (Å²) < 4.78 is 10.0. The number of methoxy groups -OCH3 is 1. The van der Waals surface area contributed by atoms with Crippen LogP contribution in [0.5, 0.6) is 5.75 Å². The standard InChI is InChI=1S/C13H16O3/c1-3-13(14)16-9-5-7-11-6-4-8-12(10-11)15-2/h4-8,10H,3,9H2,1-2H3/b7-5+. The van der Waals surface area contributed by atoms with Crippen LogP contribution < -0.4 is 4.74 Å². The monoisotopic (exact) mass is 220 g/mol. The molecule has 0 heterocycles. The molecular weight excluding hydrogens is 204 g/mol. The second-order valence-corrected chi connectivity index (χ2v) is 3.22. The first-order chi connectivity index (χ1) is 7.76. The smallest absolute Gasteiger partial charge is 0.305 e. The van der Waals surface area contributed by atoms with E-state index in [0.29, 0.717) is 13.0 Å². The molecule has 16 heavy (non-hydrogen) atoms. The van der Waals surface area contributed by atoms with E-state index in [4.69, 9.17) is 9.47 Å². The summed E-state index contributed by atoms with van der Waals surface area (Å²) in [6, 6.07) is 7.67. The van der Waals surface area contributed by atoms with Gasteiger partial charge in [0.25, 0.3) is 0 Å². The fourth-order valence-corrected chi connectivity index (χ4v) is 1.17. The van der Waals surface area contributed by atoms with E-state index in [0.717, 1.165) is 11.3 Å². The van der Waals surface area contributed by atoms with Crippen LogP contribution in [-0.4, -0.2) is 19.7 Å². The Morgan fingerprint density at radius 3 is 2.94 bits per heavy atom. The van der Waals surface area contributed by atoms with Gasteiger partial charge in [0.1, 0.15) is 12.4 Å². The average Bonchev–Trinajstić information content (AvgIpc) is 2.34. The molecule has 0 aromatic heterocycles. The van der Waals surface area contributed by atoms with E-state index in [1.165, 1.54) is 0 Å². The largest absolute Gasteiger partial charge is 0.497 e. The lowest BCUT2D eigenvalue weighted by molar-refractivity contribution is -0.141. The number of carbonyl (C=O) groups excluding carboxylic acids is 1. The first kappa shape index (κ1) is 12.3. The van der Waals surface area contributed by atoms with Gasteiger partial charge in [0.2, 0.25) is 0 Å². The molecule has 0 spiro atoms. The minimum Gasteiger partial charge on any atom is -0.497 e. The number of ether oxygens (including phenoxy) is 2. The lowest BCUT2D eigenvalue weighted by atomic mass is 10.2. The molecule has 0 aliphatic carbocycles. The summed E-state index contributed by atoms with van der Waals surface area (Å²) in [5, 5.41) is 0. The number of esters is 1. The molecular formula is C13H16O3. The van der Waals surface area contributed by atoms with Gasteiger partial charge >= 0.3 is 5.97 Å². The SMILES string of the molecule is CCC(=O)OC/C=C/c1cccc(OC)c1. The van der Waals surface area contributed by atoms with Crippen molar-refractivity contribution in [1.82, 2.24) is 0 Å². The van der Waals surface area contributed by atoms with Crippen molar-refractivity contribution in [3.8, 4) is 5.75 Å². The molecule has 3 heteroatoms. The third kappa shape index (κ3) is 4.17. The van der Waals surface area contributed by atoms with E-state index in [1.54, 1.807) is 14.0 Å². The van der Waals surface area contributed by atoms with Gasteiger partial charge in [-0.3, -0.25) is 4.79 Å². The molecule has 1 rings (SSSR count). The van der Waals surface area contributed by atoms with Crippen molar-refractivity contribution >= 4 is 12.0 Å². The molecule has 0 amide bonds. The van der Waals surface area contributed by atoms with Crippen LogP contribution in [-0.2, 0) is 9.53 Å². The van der Waals surface area contributed by atoms with E-state index in [-0.39, 0.29) is 5.97 Å². The van der Waals surface area contributed by atoms with Gasteiger partial charge in [-0.05, 0) is 23.8 Å². The molecule has 0 atom stereocenters. The van der Waals surface area contributed by atoms with Crippen LogP contribution in [0.2, 0.25) is 0 Å². The van der Waals surface area contributed by atoms with Crippen molar-refractivity contribution in [1.29, 1.82) is 0 Å². The Kier molecular flexibility index (Phi) is 5.12. The number of hydrogen-bond acceptors (Lipinski definition) is 3. The van der Waals surface area contributed by atoms with Gasteiger partial charge in [-0.2, -0.15) is 0 Å². The van der Waals surface area contributed by atoms with Crippen molar-refractivity contribution in [3.63, 3.8) is 0 Å². The van der Waals surface area contributed by atoms with Crippen LogP contribution in [0.3, 0.4) is 0 Å². The molecule has 3 nitrogen and oxygen atoms in total. The van der Waals surface area contributed by atoms with Crippen LogP contribution in [0.15, 0.2) is 30.3 Å². The highest BCUT2D eigenvalue weighted by atomic mass is 16.5. The second-order valence-electron chi connectivity index (χ2n) is 3.22. The number of rotatable bonds is 5. The van der Waals surface area contributed by atoms with Crippen molar-refractivity contribution in [2.45, 2.75) is 13.3 Å². The zero-order chi connectivity index (χ0) is 11.8. The normalized spacial score (nSPS) is 10.4. The molecule has 0 saturated heterocycles. The van der Waals surface area contributed by atoms with Crippen LogP contribution in [0.4, 0.5) is 0 Å². The molecule has 0 saturated carbocycles. The van der Waals surface area contributed by atoms with Crippen molar-refractivity contribution in [2.75, 3.05) is 13.7 Å². The average molecular weight is 220 g/mol. The molecule has 0 N–H and O–H groups in total. The fourth-order valence-electron chi connectivity index (χ4n) is 1.17. The predicted octanol–water partition coefficient (Wildman–Crippen LogP) is 2.66. The molecule has 0 radical (unpaired) electrons. The Labute approximate surface area is 95.7 Å². The number of hydrogen-bond donors (Lipinski definition) is 0. The second kappa shape index (κ2) is 6.67. The summed E-state index contributed by atoms with van der Waals surface area (Å²) in [7, 11) is 1.63. The Morgan fingerprint density at radius 2 is 2.25 bits per heavy atom. The quantitative estimate of drug-likeness (QED) is 0.716. The summed E-state index contributed by atoms with van der Waals surface area (Å²) >= 11 is 0. The van der Waals surface area contributed by atoms with Gasteiger partial charge in [0.05, 0.1) is 7.11 Å². The zero-order valence-electron chi connectivity index (χ0n) is 9.60. The van der Waals surface area contributed by atoms with Gasteiger partial charge in [-0.15, -0.1) is 0 Å². The van der Waals surface area contributed by atoms with E-state index in [1.807, 2.05) is 36.4 Å². The van der Waals surface area contributed by atoms with Crippen molar-refractivity contribution in [3.05, 3.63) is 35.9 Å². The first-order valence-corrected chi connectivity index (χ1v) is 5.22. The highest BCUT2D eigenvalue weighted by molar-refractivity contribution is 5.69. The van der Waals surface area contributed by atoms with E-state index < -0.39 is 0 Å². The zero-order valence-corrected chi connectivity index (χ0v) is 9.60. The topological polar surface area (TPSA) is 35.5 Å². The number of carbonyl (C=O) groups is 1. The molecule has 0 fully saturated rings. The maximum Gasteiger partial charge on any atom is 0.305 e. The maximum absolute atomic E-state index is 10.8. The van der Waals surface area contributed by atoms with Crippen LogP contribution in [0.1, 0.15) is 18.9 Å². The fraction of sp³-hybridized carbons (Fsp3) is 0.308. The summed E-state index contributed by atoms with van der Waals surface area (Å²) in [6.07, 6.45) is 4.11. The summed E-state index contributed by atoms with van der Waals surface area (Å²) in [5.74, 6) is 0.628. The minimum absolute atomic E-state index is 0.185. The van der Waals surface area contributed by atoms with Gasteiger partial charge in [0.15, 0.2) is 0 Å². The van der Waals surface area contributed by atoms with Crippen molar-refractivity contribution < 1.29 is 14.3 Å². The Hall–Kier alpha value is -1.77. The first-order valence-electron chi connectivity index (χ1n) is 5.22. The third-order valence-electron chi connectivity index (χ3n) is 2.03. The Bertz CT molecular complexity index is 369. The van der Waals surface area contributed by atoms with E-state index in [2.05, 4.69) is 0 Å². The highest BCUT2D eigenvalue weighted by Gasteiger charge is 1.94. The lowest BCUT2D eigenvalue weighted by Crippen LogP contribution is -2.01. The molecule has 0 bridgehead atoms. The maximum atomic E-state index is 10.8. The molecule has 0 unspecified atom stereocenters. The molecule has 0 aliphatic rings. The Balaban J connectivity index is 2.46. The Morgan fingerprint density at radius 1 is 1.44 bits per heavy atom. The summed E-state index contributed by atoms with van der Waals surface area (Å²) in [4.78, 5) is 10.8. The minimum atomic E-state index is -0.185. The van der Waals surface area contributed by atoms with Gasteiger partial charge in [-0.1, -0.05) is 25.1 Å². The third-order valence-corrected chi connectivity index (χ3v) is 2.03. The van der Waals surface area contributed by atoms with E-state index in [9.17, 15) is 4.79 Å². The van der Waals surface area contributed by atoms with Crippen LogP contribution in [0.25, 0.3) is 6.08 Å². The van der Waals surface area contributed by atoms with Gasteiger partial charge < -0.3 is 9.47 Å². The van der Waals surface area contributed by atoms with Gasteiger partial charge in [0, 0.05) is 6.42 Å². The van der Waals surface area contributed by atoms with Gasteiger partial charge in [-0.25, -0.2) is 0 Å². The molecule has 0 aliphatic heterocycles. The summed E-state index contributed by atoms with van der Waals surface area (Å²) in [5.41, 5.74) is 1.02.